The minimum Gasteiger partial charge on any atom is -0.397 e. The molecule has 7 heteroatoms. The van der Waals surface area contributed by atoms with E-state index in [1.807, 2.05) is 0 Å². The molecule has 0 amide bonds. The number of nitrogen functional groups attached to an aromatic ring is 1. The zero-order valence-corrected chi connectivity index (χ0v) is 9.14. The first kappa shape index (κ1) is 11.6. The van der Waals surface area contributed by atoms with E-state index in [-0.39, 0.29) is 16.4 Å². The van der Waals surface area contributed by atoms with Crippen molar-refractivity contribution in [3.05, 3.63) is 23.2 Å². The van der Waals surface area contributed by atoms with Gasteiger partial charge in [-0.25, -0.2) is 8.42 Å². The highest BCUT2D eigenvalue weighted by atomic mass is 35.5. The maximum atomic E-state index is 11.3. The van der Waals surface area contributed by atoms with Gasteiger partial charge in [0.25, 0.3) is 0 Å². The number of para-hydroxylation sites is 1. The maximum absolute atomic E-state index is 11.3. The predicted octanol–water partition coefficient (Wildman–Crippen LogP) is 1.19. The van der Waals surface area contributed by atoms with Crippen molar-refractivity contribution in [1.82, 2.24) is 0 Å². The third kappa shape index (κ3) is 3.01. The Morgan fingerprint density at radius 2 is 2.20 bits per heavy atom. The van der Waals surface area contributed by atoms with Crippen molar-refractivity contribution < 1.29 is 8.42 Å². The van der Waals surface area contributed by atoms with E-state index in [1.54, 1.807) is 6.07 Å². The molecule has 1 aromatic carbocycles. The van der Waals surface area contributed by atoms with E-state index >= 15 is 0 Å². The van der Waals surface area contributed by atoms with Crippen LogP contribution in [0.5, 0.6) is 0 Å². The number of benzene rings is 1. The van der Waals surface area contributed by atoms with Gasteiger partial charge in [-0.3, -0.25) is 4.72 Å². The van der Waals surface area contributed by atoms with Gasteiger partial charge in [0.2, 0.25) is 10.0 Å². The molecule has 0 heterocycles. The summed E-state index contributed by atoms with van der Waals surface area (Å²) in [7, 11) is -3.71. The Labute approximate surface area is 92.5 Å². The molecule has 0 bridgehead atoms. The third-order valence-electron chi connectivity index (χ3n) is 1.56. The van der Waals surface area contributed by atoms with Crippen molar-refractivity contribution in [3.8, 4) is 6.07 Å². The smallest absolute Gasteiger partial charge is 0.246 e. The number of nitrogens with one attached hydrogen (secondary N) is 1. The molecule has 0 atom stereocenters. The molecular formula is C8H8ClN3O2S. The molecule has 80 valence electrons. The lowest BCUT2D eigenvalue weighted by atomic mass is 10.3. The molecule has 0 fully saturated rings. The Bertz CT molecular complexity index is 487. The zero-order valence-electron chi connectivity index (χ0n) is 7.57. The van der Waals surface area contributed by atoms with E-state index < -0.39 is 15.8 Å². The largest absolute Gasteiger partial charge is 0.397 e. The van der Waals surface area contributed by atoms with E-state index in [2.05, 4.69) is 4.72 Å². The Balaban J connectivity index is 3.06. The van der Waals surface area contributed by atoms with Crippen LogP contribution in [-0.2, 0) is 10.0 Å². The minimum absolute atomic E-state index is 0.106. The normalized spacial score (nSPS) is 10.7. The van der Waals surface area contributed by atoms with Gasteiger partial charge in [-0.2, -0.15) is 5.26 Å². The van der Waals surface area contributed by atoms with Crippen LogP contribution in [0.1, 0.15) is 0 Å². The number of rotatable bonds is 3. The van der Waals surface area contributed by atoms with Crippen molar-refractivity contribution in [2.24, 2.45) is 0 Å². The monoisotopic (exact) mass is 245 g/mol. The number of hydrogen-bond donors (Lipinski definition) is 2. The number of nitrogens with two attached hydrogens (primary N) is 1. The van der Waals surface area contributed by atoms with Gasteiger partial charge in [0, 0.05) is 0 Å². The van der Waals surface area contributed by atoms with Crippen LogP contribution in [0.25, 0.3) is 0 Å². The van der Waals surface area contributed by atoms with Crippen LogP contribution in [0.15, 0.2) is 18.2 Å². The van der Waals surface area contributed by atoms with Gasteiger partial charge >= 0.3 is 0 Å². The quantitative estimate of drug-likeness (QED) is 0.782. The van der Waals surface area contributed by atoms with Gasteiger partial charge in [-0.05, 0) is 12.1 Å². The SMILES string of the molecule is N#CCS(=O)(=O)Nc1c(N)cccc1Cl. The topological polar surface area (TPSA) is 96.0 Å². The second-order valence-electron chi connectivity index (χ2n) is 2.72. The van der Waals surface area contributed by atoms with Crippen LogP contribution in [0, 0.1) is 11.3 Å². The molecule has 0 aromatic heterocycles. The lowest BCUT2D eigenvalue weighted by Crippen LogP contribution is -2.16. The number of nitriles is 1. The first-order valence-corrected chi connectivity index (χ1v) is 5.91. The molecule has 0 saturated carbocycles. The molecule has 5 nitrogen and oxygen atoms in total. The van der Waals surface area contributed by atoms with Gasteiger partial charge in [0.1, 0.15) is 0 Å². The second kappa shape index (κ2) is 4.38. The Morgan fingerprint density at radius 3 is 2.73 bits per heavy atom. The fourth-order valence-electron chi connectivity index (χ4n) is 0.925. The first-order valence-electron chi connectivity index (χ1n) is 3.87. The fraction of sp³-hybridized carbons (Fsp3) is 0.125. The van der Waals surface area contributed by atoms with Gasteiger partial charge in [0.05, 0.1) is 22.5 Å². The van der Waals surface area contributed by atoms with Crippen LogP contribution < -0.4 is 10.5 Å². The van der Waals surface area contributed by atoms with E-state index in [0.717, 1.165) is 0 Å². The maximum Gasteiger partial charge on any atom is 0.246 e. The average molecular weight is 246 g/mol. The van der Waals surface area contributed by atoms with Crippen molar-refractivity contribution in [2.75, 3.05) is 16.2 Å². The average Bonchev–Trinajstić information content (AvgIpc) is 2.11. The predicted molar refractivity (Wildman–Crippen MR) is 58.9 cm³/mol. The minimum atomic E-state index is -3.71. The highest BCUT2D eigenvalue weighted by molar-refractivity contribution is 7.92. The van der Waals surface area contributed by atoms with Gasteiger partial charge in [-0.15, -0.1) is 0 Å². The molecule has 1 aromatic rings. The second-order valence-corrected chi connectivity index (χ2v) is 4.85. The Hall–Kier alpha value is -1.45. The van der Waals surface area contributed by atoms with Crippen LogP contribution in [0.2, 0.25) is 5.02 Å². The summed E-state index contributed by atoms with van der Waals surface area (Å²) in [4.78, 5) is 0. The molecule has 0 unspecified atom stereocenters. The van der Waals surface area contributed by atoms with E-state index in [0.29, 0.717) is 0 Å². The van der Waals surface area contributed by atoms with Crippen LogP contribution in [0.3, 0.4) is 0 Å². The van der Waals surface area contributed by atoms with Crippen molar-refractivity contribution >= 4 is 33.0 Å². The molecule has 0 aliphatic rings. The summed E-state index contributed by atoms with van der Waals surface area (Å²) >= 11 is 5.75. The molecule has 3 N–H and O–H groups in total. The summed E-state index contributed by atoms with van der Waals surface area (Å²) in [6.07, 6.45) is 0. The molecule has 0 saturated heterocycles. The Morgan fingerprint density at radius 1 is 1.53 bits per heavy atom. The van der Waals surface area contributed by atoms with E-state index in [9.17, 15) is 8.42 Å². The molecule has 15 heavy (non-hydrogen) atoms. The summed E-state index contributed by atoms with van der Waals surface area (Å²) in [5.74, 6) is -0.641. The first-order chi connectivity index (χ1) is 6.96. The number of anilines is 2. The lowest BCUT2D eigenvalue weighted by molar-refractivity contribution is 0.604. The highest BCUT2D eigenvalue weighted by Crippen LogP contribution is 2.28. The molecule has 0 aliphatic carbocycles. The number of nitrogens with zero attached hydrogens (tertiary/aromatic N) is 1. The van der Waals surface area contributed by atoms with E-state index in [1.165, 1.54) is 18.2 Å². The fourth-order valence-corrected chi connectivity index (χ4v) is 1.99. The number of hydrogen-bond acceptors (Lipinski definition) is 4. The molecule has 1 rings (SSSR count). The number of sulfonamides is 1. The lowest BCUT2D eigenvalue weighted by Gasteiger charge is -2.09. The summed E-state index contributed by atoms with van der Waals surface area (Å²) < 4.78 is 24.7. The van der Waals surface area contributed by atoms with Crippen LogP contribution in [-0.4, -0.2) is 14.2 Å². The Kier molecular flexibility index (Phi) is 3.39. The molecular weight excluding hydrogens is 238 g/mol. The molecule has 0 spiro atoms. The third-order valence-corrected chi connectivity index (χ3v) is 2.90. The van der Waals surface area contributed by atoms with Gasteiger partial charge in [-0.1, -0.05) is 17.7 Å². The van der Waals surface area contributed by atoms with Crippen molar-refractivity contribution in [2.45, 2.75) is 0 Å². The molecule has 0 radical (unpaired) electrons. The van der Waals surface area contributed by atoms with E-state index in [4.69, 9.17) is 22.6 Å². The number of halogens is 1. The van der Waals surface area contributed by atoms with Crippen LogP contribution in [0.4, 0.5) is 11.4 Å². The summed E-state index contributed by atoms with van der Waals surface area (Å²) in [5, 5.41) is 8.48. The molecule has 0 aliphatic heterocycles. The summed E-state index contributed by atoms with van der Waals surface area (Å²) in [5.41, 5.74) is 5.85. The summed E-state index contributed by atoms with van der Waals surface area (Å²) in [6.45, 7) is 0. The van der Waals surface area contributed by atoms with Gasteiger partial charge in [0.15, 0.2) is 5.75 Å². The standard InChI is InChI=1S/C8H8ClN3O2S/c9-6-2-1-3-7(11)8(6)12-15(13,14)5-4-10/h1-3,12H,5,11H2. The zero-order chi connectivity index (χ0) is 11.5. The van der Waals surface area contributed by atoms with Crippen LogP contribution >= 0.6 is 11.6 Å². The van der Waals surface area contributed by atoms with Gasteiger partial charge < -0.3 is 5.73 Å². The summed E-state index contributed by atoms with van der Waals surface area (Å²) in [6, 6.07) is 6.14. The highest BCUT2D eigenvalue weighted by Gasteiger charge is 2.13. The van der Waals surface area contributed by atoms with Crippen molar-refractivity contribution in [3.63, 3.8) is 0 Å². The van der Waals surface area contributed by atoms with Crippen molar-refractivity contribution in [1.29, 1.82) is 5.26 Å².